The summed E-state index contributed by atoms with van der Waals surface area (Å²) in [7, 11) is 0. The van der Waals surface area contributed by atoms with Crippen molar-refractivity contribution in [1.29, 1.82) is 0 Å². The molecular weight excluding hydrogens is 460 g/mol. The van der Waals surface area contributed by atoms with Crippen LogP contribution in [-0.2, 0) is 17.8 Å². The highest BCUT2D eigenvalue weighted by molar-refractivity contribution is 9.10. The molecule has 30 heavy (non-hydrogen) atoms. The number of carboxylic acids is 1. The molecule has 0 heterocycles. The molecule has 0 aromatic heterocycles. The van der Waals surface area contributed by atoms with Gasteiger partial charge in [-0.05, 0) is 79.6 Å². The Kier molecular flexibility index (Phi) is 8.28. The first kappa shape index (κ1) is 22.8. The summed E-state index contributed by atoms with van der Waals surface area (Å²) in [5.41, 5.74) is 3.49. The minimum atomic E-state index is -0.659. The molecule has 1 aliphatic rings. The molecule has 0 saturated heterocycles. The van der Waals surface area contributed by atoms with Gasteiger partial charge in [0.1, 0.15) is 0 Å². The van der Waals surface area contributed by atoms with Crippen LogP contribution >= 0.6 is 28.1 Å². The van der Waals surface area contributed by atoms with Crippen LogP contribution in [0.25, 0.3) is 0 Å². The second-order valence-electron chi connectivity index (χ2n) is 8.01. The first-order chi connectivity index (χ1) is 14.5. The molecule has 0 atom stereocenters. The number of aryl methyl sites for hydroxylation is 1. The summed E-state index contributed by atoms with van der Waals surface area (Å²) in [6.07, 6.45) is 4.31. The molecule has 3 rings (SSSR count). The average Bonchev–Trinajstić information content (AvgIpc) is 2.74. The lowest BCUT2D eigenvalue weighted by Gasteiger charge is -2.33. The molecule has 4 nitrogen and oxygen atoms in total. The van der Waals surface area contributed by atoms with E-state index in [1.807, 2.05) is 24.3 Å². The van der Waals surface area contributed by atoms with Gasteiger partial charge in [0.15, 0.2) is 5.11 Å². The van der Waals surface area contributed by atoms with Gasteiger partial charge < -0.3 is 15.3 Å². The highest BCUT2D eigenvalue weighted by Crippen LogP contribution is 2.30. The molecular formula is C24H29BrN2O2S. The lowest BCUT2D eigenvalue weighted by Crippen LogP contribution is -2.39. The highest BCUT2D eigenvalue weighted by Gasteiger charge is 2.27. The molecule has 0 bridgehead atoms. The van der Waals surface area contributed by atoms with E-state index in [2.05, 4.69) is 57.3 Å². The quantitative estimate of drug-likeness (QED) is 0.461. The molecule has 2 aromatic rings. The monoisotopic (exact) mass is 488 g/mol. The van der Waals surface area contributed by atoms with E-state index in [-0.39, 0.29) is 5.92 Å². The molecule has 1 saturated carbocycles. The first-order valence-electron chi connectivity index (χ1n) is 10.6. The van der Waals surface area contributed by atoms with Crippen LogP contribution in [0, 0.1) is 11.8 Å². The van der Waals surface area contributed by atoms with Crippen molar-refractivity contribution in [1.82, 2.24) is 4.90 Å². The molecule has 2 N–H and O–H groups in total. The zero-order valence-corrected chi connectivity index (χ0v) is 19.7. The smallest absolute Gasteiger partial charge is 0.306 e. The summed E-state index contributed by atoms with van der Waals surface area (Å²) in [6, 6.07) is 16.6. The molecule has 6 heteroatoms. The average molecular weight is 489 g/mol. The zero-order valence-electron chi connectivity index (χ0n) is 17.3. The largest absolute Gasteiger partial charge is 0.481 e. The van der Waals surface area contributed by atoms with Crippen LogP contribution < -0.4 is 5.32 Å². The molecule has 0 unspecified atom stereocenters. The third-order valence-electron chi connectivity index (χ3n) is 5.86. The second kappa shape index (κ2) is 10.9. The second-order valence-corrected chi connectivity index (χ2v) is 9.31. The predicted molar refractivity (Wildman–Crippen MR) is 130 cm³/mol. The Bertz CT molecular complexity index is 881. The zero-order chi connectivity index (χ0) is 21.5. The van der Waals surface area contributed by atoms with Crippen LogP contribution in [0.5, 0.6) is 0 Å². The van der Waals surface area contributed by atoms with Crippen molar-refractivity contribution in [3.05, 3.63) is 64.1 Å². The fourth-order valence-electron chi connectivity index (χ4n) is 4.12. The number of anilines is 1. The fraction of sp³-hybridized carbons (Fsp3) is 0.417. The van der Waals surface area contributed by atoms with Crippen molar-refractivity contribution in [2.45, 2.75) is 45.6 Å². The normalized spacial score (nSPS) is 18.6. The summed E-state index contributed by atoms with van der Waals surface area (Å²) in [5.74, 6) is -0.400. The number of nitrogens with one attached hydrogen (secondary N) is 1. The van der Waals surface area contributed by atoms with Crippen molar-refractivity contribution < 1.29 is 9.90 Å². The van der Waals surface area contributed by atoms with E-state index in [0.29, 0.717) is 5.92 Å². The molecule has 0 spiro atoms. The van der Waals surface area contributed by atoms with Gasteiger partial charge in [-0.25, -0.2) is 0 Å². The van der Waals surface area contributed by atoms with Crippen molar-refractivity contribution in [2.75, 3.05) is 11.9 Å². The van der Waals surface area contributed by atoms with Gasteiger partial charge in [0.25, 0.3) is 0 Å². The Balaban J connectivity index is 1.73. The van der Waals surface area contributed by atoms with E-state index in [1.165, 1.54) is 11.1 Å². The number of hydrogen-bond donors (Lipinski definition) is 2. The fourth-order valence-corrected chi connectivity index (χ4v) is 4.82. The first-order valence-corrected chi connectivity index (χ1v) is 11.8. The third-order valence-corrected chi connectivity index (χ3v) is 6.72. The van der Waals surface area contributed by atoms with Crippen molar-refractivity contribution in [2.24, 2.45) is 11.8 Å². The number of halogens is 1. The number of carboxylic acid groups (broad SMARTS) is 1. The van der Waals surface area contributed by atoms with Crippen molar-refractivity contribution >= 4 is 44.9 Å². The minimum absolute atomic E-state index is 0.193. The van der Waals surface area contributed by atoms with E-state index in [4.69, 9.17) is 12.2 Å². The molecule has 1 fully saturated rings. The highest BCUT2D eigenvalue weighted by atomic mass is 79.9. The van der Waals surface area contributed by atoms with Crippen LogP contribution in [0.2, 0.25) is 0 Å². The van der Waals surface area contributed by atoms with Gasteiger partial charge in [-0.1, -0.05) is 53.2 Å². The molecule has 0 radical (unpaired) electrons. The number of thiocarbonyl (C=S) groups is 1. The van der Waals surface area contributed by atoms with Crippen LogP contribution in [0.15, 0.2) is 53.0 Å². The van der Waals surface area contributed by atoms with Crippen molar-refractivity contribution in [3.8, 4) is 0 Å². The van der Waals surface area contributed by atoms with Crippen LogP contribution in [-0.4, -0.2) is 27.6 Å². The van der Waals surface area contributed by atoms with Crippen LogP contribution in [0.1, 0.15) is 43.7 Å². The van der Waals surface area contributed by atoms with Gasteiger partial charge >= 0.3 is 5.97 Å². The van der Waals surface area contributed by atoms with Gasteiger partial charge in [-0.2, -0.15) is 0 Å². The number of nitrogens with zero attached hydrogens (tertiary/aromatic N) is 1. The molecule has 2 aromatic carbocycles. The van der Waals surface area contributed by atoms with Crippen molar-refractivity contribution in [3.63, 3.8) is 0 Å². The number of aliphatic carboxylic acids is 1. The maximum atomic E-state index is 11.3. The number of carbonyl (C=O) groups is 1. The summed E-state index contributed by atoms with van der Waals surface area (Å²) < 4.78 is 1.05. The minimum Gasteiger partial charge on any atom is -0.481 e. The van der Waals surface area contributed by atoms with Gasteiger partial charge in [-0.3, -0.25) is 4.79 Å². The van der Waals surface area contributed by atoms with E-state index < -0.39 is 5.97 Å². The topological polar surface area (TPSA) is 52.6 Å². The molecule has 0 aliphatic heterocycles. The van der Waals surface area contributed by atoms with Crippen LogP contribution in [0.4, 0.5) is 5.69 Å². The molecule has 0 amide bonds. The summed E-state index contributed by atoms with van der Waals surface area (Å²) >= 11 is 9.40. The lowest BCUT2D eigenvalue weighted by molar-refractivity contribution is -0.143. The SMILES string of the molecule is CCc1ccccc1NC(=S)N(Cc1cccc(Br)c1)CC1CCC(C(=O)O)CC1. The Morgan fingerprint density at radius 1 is 1.17 bits per heavy atom. The summed E-state index contributed by atoms with van der Waals surface area (Å²) in [6.45, 7) is 3.70. The standard InChI is InChI=1S/C24H29BrN2O2S/c1-2-19-7-3-4-9-22(19)26-24(30)27(16-18-6-5-8-21(25)14-18)15-17-10-12-20(13-11-17)23(28)29/h3-9,14,17,20H,2,10-13,15-16H2,1H3,(H,26,30)(H,28,29). The predicted octanol–water partition coefficient (Wildman–Crippen LogP) is 6.10. The number of hydrogen-bond acceptors (Lipinski definition) is 2. The van der Waals surface area contributed by atoms with E-state index in [0.717, 1.165) is 60.5 Å². The maximum absolute atomic E-state index is 11.3. The third kappa shape index (κ3) is 6.29. The lowest BCUT2D eigenvalue weighted by atomic mass is 9.82. The van der Waals surface area contributed by atoms with E-state index in [1.54, 1.807) is 0 Å². The Morgan fingerprint density at radius 3 is 2.57 bits per heavy atom. The summed E-state index contributed by atoms with van der Waals surface area (Å²) in [5, 5.41) is 13.5. The Labute approximate surface area is 192 Å². The van der Waals surface area contributed by atoms with Gasteiger partial charge in [0.2, 0.25) is 0 Å². The maximum Gasteiger partial charge on any atom is 0.306 e. The number of benzene rings is 2. The summed E-state index contributed by atoms with van der Waals surface area (Å²) in [4.78, 5) is 13.5. The van der Waals surface area contributed by atoms with Crippen LogP contribution in [0.3, 0.4) is 0 Å². The number of para-hydroxylation sites is 1. The van der Waals surface area contributed by atoms with Gasteiger partial charge in [-0.15, -0.1) is 0 Å². The van der Waals surface area contributed by atoms with Gasteiger partial charge in [0.05, 0.1) is 5.92 Å². The van der Waals surface area contributed by atoms with E-state index in [9.17, 15) is 9.90 Å². The molecule has 1 aliphatic carbocycles. The Hall–Kier alpha value is -1.92. The Morgan fingerprint density at radius 2 is 1.90 bits per heavy atom. The van der Waals surface area contributed by atoms with Gasteiger partial charge in [0, 0.05) is 23.2 Å². The molecule has 160 valence electrons. The van der Waals surface area contributed by atoms with E-state index >= 15 is 0 Å². The number of rotatable bonds is 7.